The van der Waals surface area contributed by atoms with Gasteiger partial charge >= 0.3 is 0 Å². The maximum Gasteiger partial charge on any atom is 0.289 e. The zero-order valence-electron chi connectivity index (χ0n) is 16.7. The lowest BCUT2D eigenvalue weighted by molar-refractivity contribution is 0.0637. The molecule has 0 aromatic carbocycles. The van der Waals surface area contributed by atoms with Crippen LogP contribution in [0.15, 0.2) is 35.1 Å². The summed E-state index contributed by atoms with van der Waals surface area (Å²) < 4.78 is 5.20. The number of piperazine rings is 2. The summed E-state index contributed by atoms with van der Waals surface area (Å²) in [7, 11) is 0. The number of amides is 2. The first-order chi connectivity index (χ1) is 14.2. The number of anilines is 1. The zero-order valence-corrected chi connectivity index (χ0v) is 16.7. The molecule has 0 spiro atoms. The minimum atomic E-state index is -0.106. The van der Waals surface area contributed by atoms with E-state index in [9.17, 15) is 9.59 Å². The van der Waals surface area contributed by atoms with Crippen molar-refractivity contribution in [2.24, 2.45) is 0 Å². The van der Waals surface area contributed by atoms with Crippen molar-refractivity contribution in [1.29, 1.82) is 0 Å². The molecule has 2 aliphatic heterocycles. The SMILES string of the molecule is CCN1CCN(C(=O)c2ccnc(N3CCN(C(=O)c4ccco4)CC3)n2)CC1. The maximum atomic E-state index is 12.8. The standard InChI is InChI=1S/C20H26N6O3/c1-2-23-7-9-24(10-8-23)18(27)16-5-6-21-20(22-16)26-13-11-25(12-14-26)19(28)17-4-3-15-29-17/h3-6,15H,2,7-14H2,1H3. The van der Waals surface area contributed by atoms with Crippen LogP contribution in [0.5, 0.6) is 0 Å². The van der Waals surface area contributed by atoms with Gasteiger partial charge in [0, 0.05) is 58.6 Å². The predicted octanol–water partition coefficient (Wildman–Crippen LogP) is 0.810. The van der Waals surface area contributed by atoms with Crippen LogP contribution in [0.25, 0.3) is 0 Å². The van der Waals surface area contributed by atoms with Crippen molar-refractivity contribution < 1.29 is 14.0 Å². The molecule has 2 saturated heterocycles. The molecule has 0 radical (unpaired) electrons. The molecule has 4 heterocycles. The molecular formula is C20H26N6O3. The normalized spacial score (nSPS) is 18.2. The molecule has 9 heteroatoms. The van der Waals surface area contributed by atoms with Crippen LogP contribution in [-0.2, 0) is 0 Å². The highest BCUT2D eigenvalue weighted by Gasteiger charge is 2.26. The third kappa shape index (κ3) is 4.24. The van der Waals surface area contributed by atoms with Gasteiger partial charge in [-0.3, -0.25) is 9.59 Å². The summed E-state index contributed by atoms with van der Waals surface area (Å²) in [5.41, 5.74) is 0.425. The first-order valence-corrected chi connectivity index (χ1v) is 10.1. The van der Waals surface area contributed by atoms with Gasteiger partial charge in [0.25, 0.3) is 11.8 Å². The summed E-state index contributed by atoms with van der Waals surface area (Å²) in [4.78, 5) is 42.1. The van der Waals surface area contributed by atoms with E-state index in [2.05, 4.69) is 21.8 Å². The van der Waals surface area contributed by atoms with Gasteiger partial charge in [-0.05, 0) is 24.7 Å². The summed E-state index contributed by atoms with van der Waals surface area (Å²) in [5, 5.41) is 0. The molecule has 4 rings (SSSR count). The quantitative estimate of drug-likeness (QED) is 0.753. The molecule has 0 saturated carbocycles. The molecule has 0 N–H and O–H groups in total. The van der Waals surface area contributed by atoms with Gasteiger partial charge in [-0.2, -0.15) is 0 Å². The number of likely N-dealkylation sites (N-methyl/N-ethyl adjacent to an activating group) is 1. The van der Waals surface area contributed by atoms with E-state index in [0.717, 1.165) is 32.7 Å². The van der Waals surface area contributed by atoms with E-state index in [-0.39, 0.29) is 11.8 Å². The summed E-state index contributed by atoms with van der Waals surface area (Å²) in [6, 6.07) is 5.06. The number of hydrogen-bond acceptors (Lipinski definition) is 7. The van der Waals surface area contributed by atoms with Gasteiger partial charge in [-0.15, -0.1) is 0 Å². The van der Waals surface area contributed by atoms with Crippen molar-refractivity contribution in [2.75, 3.05) is 63.8 Å². The number of rotatable bonds is 4. The Morgan fingerprint density at radius 3 is 2.31 bits per heavy atom. The molecule has 29 heavy (non-hydrogen) atoms. The molecule has 0 aliphatic carbocycles. The lowest BCUT2D eigenvalue weighted by Gasteiger charge is -2.35. The Labute approximate surface area is 169 Å². The molecule has 0 unspecified atom stereocenters. The minimum Gasteiger partial charge on any atom is -0.459 e. The Hall–Kier alpha value is -2.94. The van der Waals surface area contributed by atoms with Crippen LogP contribution in [0.1, 0.15) is 28.0 Å². The van der Waals surface area contributed by atoms with Crippen molar-refractivity contribution in [2.45, 2.75) is 6.92 Å². The van der Waals surface area contributed by atoms with E-state index >= 15 is 0 Å². The largest absolute Gasteiger partial charge is 0.459 e. The maximum absolute atomic E-state index is 12.8. The summed E-state index contributed by atoms with van der Waals surface area (Å²) >= 11 is 0. The first kappa shape index (κ1) is 19.4. The molecule has 2 aromatic heterocycles. The van der Waals surface area contributed by atoms with Crippen LogP contribution in [-0.4, -0.2) is 95.4 Å². The van der Waals surface area contributed by atoms with Gasteiger partial charge in [-0.25, -0.2) is 9.97 Å². The van der Waals surface area contributed by atoms with Crippen LogP contribution in [0.4, 0.5) is 5.95 Å². The van der Waals surface area contributed by atoms with Gasteiger partial charge in [0.15, 0.2) is 5.76 Å². The first-order valence-electron chi connectivity index (χ1n) is 10.1. The zero-order chi connectivity index (χ0) is 20.2. The van der Waals surface area contributed by atoms with E-state index in [4.69, 9.17) is 4.42 Å². The van der Waals surface area contributed by atoms with E-state index < -0.39 is 0 Å². The second-order valence-corrected chi connectivity index (χ2v) is 7.22. The lowest BCUT2D eigenvalue weighted by atomic mass is 10.2. The van der Waals surface area contributed by atoms with Crippen molar-refractivity contribution in [3.63, 3.8) is 0 Å². The predicted molar refractivity (Wildman–Crippen MR) is 107 cm³/mol. The summed E-state index contributed by atoms with van der Waals surface area (Å²) in [6.07, 6.45) is 3.14. The number of carbonyl (C=O) groups is 2. The third-order valence-corrected chi connectivity index (χ3v) is 5.55. The molecule has 9 nitrogen and oxygen atoms in total. The molecule has 2 aliphatic rings. The molecule has 2 fully saturated rings. The molecule has 2 amide bonds. The highest BCUT2D eigenvalue weighted by Crippen LogP contribution is 2.15. The Morgan fingerprint density at radius 2 is 1.66 bits per heavy atom. The van der Waals surface area contributed by atoms with Gasteiger partial charge in [0.2, 0.25) is 5.95 Å². The number of furan rings is 1. The number of aromatic nitrogens is 2. The Bertz CT molecular complexity index is 840. The van der Waals surface area contributed by atoms with E-state index in [1.807, 2.05) is 9.80 Å². The Kier molecular flexibility index (Phi) is 5.75. The van der Waals surface area contributed by atoms with Crippen molar-refractivity contribution in [1.82, 2.24) is 24.7 Å². The van der Waals surface area contributed by atoms with Crippen molar-refractivity contribution >= 4 is 17.8 Å². The smallest absolute Gasteiger partial charge is 0.289 e. The fourth-order valence-corrected chi connectivity index (χ4v) is 3.71. The number of carbonyl (C=O) groups excluding carboxylic acids is 2. The average Bonchev–Trinajstić information content (AvgIpc) is 3.33. The highest BCUT2D eigenvalue weighted by atomic mass is 16.3. The molecule has 0 atom stereocenters. The molecule has 0 bridgehead atoms. The van der Waals surface area contributed by atoms with Gasteiger partial charge in [0.1, 0.15) is 5.69 Å². The van der Waals surface area contributed by atoms with Crippen LogP contribution >= 0.6 is 0 Å². The minimum absolute atomic E-state index is 0.0453. The van der Waals surface area contributed by atoms with Crippen molar-refractivity contribution in [3.8, 4) is 0 Å². The number of hydrogen-bond donors (Lipinski definition) is 0. The fraction of sp³-hybridized carbons (Fsp3) is 0.500. The van der Waals surface area contributed by atoms with Crippen LogP contribution < -0.4 is 4.90 Å². The van der Waals surface area contributed by atoms with Crippen LogP contribution in [0.3, 0.4) is 0 Å². The van der Waals surface area contributed by atoms with Gasteiger partial charge in [0.05, 0.1) is 6.26 Å². The fourth-order valence-electron chi connectivity index (χ4n) is 3.71. The molecule has 2 aromatic rings. The monoisotopic (exact) mass is 398 g/mol. The summed E-state index contributed by atoms with van der Waals surface area (Å²) in [6.45, 7) is 8.71. The van der Waals surface area contributed by atoms with E-state index in [1.165, 1.54) is 6.26 Å². The van der Waals surface area contributed by atoms with E-state index in [0.29, 0.717) is 43.6 Å². The summed E-state index contributed by atoms with van der Waals surface area (Å²) in [5.74, 6) is 0.736. The Morgan fingerprint density at radius 1 is 0.966 bits per heavy atom. The molecule has 154 valence electrons. The van der Waals surface area contributed by atoms with Crippen LogP contribution in [0, 0.1) is 0 Å². The third-order valence-electron chi connectivity index (χ3n) is 5.55. The second kappa shape index (κ2) is 8.60. The van der Waals surface area contributed by atoms with Crippen LogP contribution in [0.2, 0.25) is 0 Å². The average molecular weight is 398 g/mol. The van der Waals surface area contributed by atoms with E-state index in [1.54, 1.807) is 29.3 Å². The molecular weight excluding hydrogens is 372 g/mol. The van der Waals surface area contributed by atoms with Gasteiger partial charge < -0.3 is 24.0 Å². The second-order valence-electron chi connectivity index (χ2n) is 7.22. The van der Waals surface area contributed by atoms with Gasteiger partial charge in [-0.1, -0.05) is 6.92 Å². The van der Waals surface area contributed by atoms with Crippen molar-refractivity contribution in [3.05, 3.63) is 42.1 Å². The number of nitrogens with zero attached hydrogens (tertiary/aromatic N) is 6. The highest BCUT2D eigenvalue weighted by molar-refractivity contribution is 5.93. The Balaban J connectivity index is 1.37. The lowest BCUT2D eigenvalue weighted by Crippen LogP contribution is -2.50. The topological polar surface area (TPSA) is 86.0 Å².